The van der Waals surface area contributed by atoms with Crippen LogP contribution in [-0.2, 0) is 15.3 Å². The minimum absolute atomic E-state index is 0.0410. The Balaban J connectivity index is 2.26. The van der Waals surface area contributed by atoms with Crippen LogP contribution in [-0.4, -0.2) is 26.5 Å². The second kappa shape index (κ2) is 6.53. The molecule has 0 saturated heterocycles. The van der Waals surface area contributed by atoms with E-state index in [9.17, 15) is 19.5 Å². The number of hydrogen-bond donors (Lipinski definition) is 3. The van der Waals surface area contributed by atoms with Gasteiger partial charge in [-0.05, 0) is 24.5 Å². The van der Waals surface area contributed by atoms with Crippen molar-refractivity contribution in [2.24, 2.45) is 11.7 Å². The van der Waals surface area contributed by atoms with E-state index < -0.39 is 29.1 Å². The average molecular weight is 358 g/mol. The number of hydrogen-bond acceptors (Lipinski definition) is 5. The van der Waals surface area contributed by atoms with E-state index in [0.717, 1.165) is 0 Å². The summed E-state index contributed by atoms with van der Waals surface area (Å²) in [5.74, 6) is -0.964. The summed E-state index contributed by atoms with van der Waals surface area (Å²) in [5, 5.41) is 14.0. The van der Waals surface area contributed by atoms with Crippen molar-refractivity contribution in [2.75, 3.05) is 0 Å². The summed E-state index contributed by atoms with van der Waals surface area (Å²) in [6.07, 6.45) is 0.206. The number of nitrogens with zero attached hydrogens (tertiary/aromatic N) is 2. The number of carbonyl (C=O) groups is 2. The molecule has 1 aliphatic heterocycles. The van der Waals surface area contributed by atoms with E-state index in [0.29, 0.717) is 10.9 Å². The molecule has 2 unspecified atom stereocenters. The number of primary amides is 1. The van der Waals surface area contributed by atoms with E-state index in [-0.39, 0.29) is 31.0 Å². The number of aromatic nitrogens is 2. The first kappa shape index (κ1) is 18.1. The molecule has 0 bridgehead atoms. The molecule has 2 amide bonds. The van der Waals surface area contributed by atoms with Crippen molar-refractivity contribution < 1.29 is 14.7 Å². The zero-order chi connectivity index (χ0) is 19.1. The monoisotopic (exact) mass is 358 g/mol. The number of carbonyl (C=O) groups excluding carboxylic acids is 2. The molecule has 3 rings (SSSR count). The van der Waals surface area contributed by atoms with Crippen molar-refractivity contribution in [1.29, 1.82) is 0 Å². The Kier molecular flexibility index (Phi) is 4.53. The molecule has 2 aromatic rings. The number of rotatable bonds is 5. The molecule has 8 heteroatoms. The van der Waals surface area contributed by atoms with Crippen LogP contribution in [0, 0.1) is 5.92 Å². The van der Waals surface area contributed by atoms with Crippen molar-refractivity contribution >= 4 is 22.7 Å². The fraction of sp³-hybridized carbons (Fsp3) is 0.444. The zero-order valence-electron chi connectivity index (χ0n) is 14.7. The molecule has 4 N–H and O–H groups in total. The van der Waals surface area contributed by atoms with Crippen LogP contribution < -0.4 is 16.6 Å². The van der Waals surface area contributed by atoms with Crippen LogP contribution in [0.4, 0.5) is 0 Å². The van der Waals surface area contributed by atoms with Crippen molar-refractivity contribution in [3.05, 3.63) is 40.4 Å². The van der Waals surface area contributed by atoms with Crippen LogP contribution in [0.3, 0.4) is 0 Å². The fourth-order valence-electron chi connectivity index (χ4n) is 3.46. The number of benzene rings is 1. The smallest absolute Gasteiger partial charge is 0.262 e. The van der Waals surface area contributed by atoms with Crippen LogP contribution in [0.15, 0.2) is 29.1 Å². The Bertz CT molecular complexity index is 936. The van der Waals surface area contributed by atoms with E-state index >= 15 is 0 Å². The topological polar surface area (TPSA) is 127 Å². The maximum atomic E-state index is 13.1. The lowest BCUT2D eigenvalue weighted by Gasteiger charge is -2.39. The van der Waals surface area contributed by atoms with Gasteiger partial charge in [-0.25, -0.2) is 4.98 Å². The Morgan fingerprint density at radius 2 is 2.08 bits per heavy atom. The molecule has 1 aliphatic rings. The van der Waals surface area contributed by atoms with Crippen LogP contribution in [0.2, 0.25) is 0 Å². The highest BCUT2D eigenvalue weighted by atomic mass is 16.3. The average Bonchev–Trinajstić information content (AvgIpc) is 2.54. The molecule has 2 heterocycles. The van der Waals surface area contributed by atoms with Crippen molar-refractivity contribution in [3.8, 4) is 0 Å². The predicted octanol–water partition coefficient (Wildman–Crippen LogP) is 0.524. The second-order valence-corrected chi connectivity index (χ2v) is 7.10. The molecular formula is C18H22N4O4. The van der Waals surface area contributed by atoms with E-state index in [1.165, 1.54) is 4.57 Å². The van der Waals surface area contributed by atoms with Crippen molar-refractivity contribution in [1.82, 2.24) is 14.9 Å². The lowest BCUT2D eigenvalue weighted by Crippen LogP contribution is -2.58. The summed E-state index contributed by atoms with van der Waals surface area (Å²) in [6.45, 7) is 3.79. The minimum Gasteiger partial charge on any atom is -0.370 e. The van der Waals surface area contributed by atoms with Crippen molar-refractivity contribution in [2.45, 2.75) is 44.9 Å². The van der Waals surface area contributed by atoms with Crippen LogP contribution in [0.1, 0.15) is 45.0 Å². The molecule has 0 aliphatic carbocycles. The van der Waals surface area contributed by atoms with Gasteiger partial charge >= 0.3 is 0 Å². The quantitative estimate of drug-likeness (QED) is 0.718. The van der Waals surface area contributed by atoms with Gasteiger partial charge in [0.25, 0.3) is 5.56 Å². The van der Waals surface area contributed by atoms with E-state index in [1.54, 1.807) is 24.3 Å². The van der Waals surface area contributed by atoms with Crippen LogP contribution in [0.5, 0.6) is 0 Å². The number of fused-ring (bicyclic) bond motifs is 2. The summed E-state index contributed by atoms with van der Waals surface area (Å²) >= 11 is 0. The minimum atomic E-state index is -1.75. The molecule has 0 fully saturated rings. The van der Waals surface area contributed by atoms with Gasteiger partial charge in [-0.15, -0.1) is 0 Å². The van der Waals surface area contributed by atoms with Gasteiger partial charge in [0, 0.05) is 12.8 Å². The number of nitrogens with one attached hydrogen (secondary N) is 1. The number of nitrogens with two attached hydrogens (primary N) is 1. The predicted molar refractivity (Wildman–Crippen MR) is 95.0 cm³/mol. The molecule has 0 radical (unpaired) electrons. The second-order valence-electron chi connectivity index (χ2n) is 7.10. The standard InChI is InChI=1S/C18H22N4O4/c1-10(2)9-18(26)17-20-12-6-4-3-5-11(12)16(25)22(17)13(15(24)21-18)7-8-14(19)23/h3-6,10,13,26H,7-9H2,1-2H3,(H2,19,23)(H,21,24). The van der Waals surface area contributed by atoms with Gasteiger partial charge in [-0.3, -0.25) is 19.0 Å². The fourth-order valence-corrected chi connectivity index (χ4v) is 3.46. The molecule has 8 nitrogen and oxygen atoms in total. The Morgan fingerprint density at radius 1 is 1.38 bits per heavy atom. The summed E-state index contributed by atoms with van der Waals surface area (Å²) < 4.78 is 1.21. The van der Waals surface area contributed by atoms with Crippen molar-refractivity contribution in [3.63, 3.8) is 0 Å². The lowest BCUT2D eigenvalue weighted by atomic mass is 9.94. The third-order valence-electron chi connectivity index (χ3n) is 4.49. The SMILES string of the molecule is CC(C)CC1(O)NC(=O)C(CCC(N)=O)n2c1nc1ccccc1c2=O. The van der Waals surface area contributed by atoms with E-state index in [1.807, 2.05) is 13.8 Å². The van der Waals surface area contributed by atoms with Gasteiger partial charge in [0.05, 0.1) is 10.9 Å². The highest BCUT2D eigenvalue weighted by Gasteiger charge is 2.45. The molecular weight excluding hydrogens is 336 g/mol. The van der Waals surface area contributed by atoms with E-state index in [2.05, 4.69) is 10.3 Å². The Labute approximate surface area is 150 Å². The zero-order valence-corrected chi connectivity index (χ0v) is 14.7. The third-order valence-corrected chi connectivity index (χ3v) is 4.49. The summed E-state index contributed by atoms with van der Waals surface area (Å²) in [7, 11) is 0. The number of para-hydroxylation sites is 1. The van der Waals surface area contributed by atoms with Gasteiger partial charge in [-0.1, -0.05) is 26.0 Å². The molecule has 0 spiro atoms. The molecule has 0 saturated carbocycles. The molecule has 1 aromatic carbocycles. The normalized spacial score (nSPS) is 22.3. The van der Waals surface area contributed by atoms with Gasteiger partial charge in [-0.2, -0.15) is 0 Å². The summed E-state index contributed by atoms with van der Waals surface area (Å²) in [6, 6.07) is 5.81. The highest BCUT2D eigenvalue weighted by Crippen LogP contribution is 2.32. The maximum absolute atomic E-state index is 13.1. The van der Waals surface area contributed by atoms with Gasteiger partial charge in [0.1, 0.15) is 6.04 Å². The van der Waals surface area contributed by atoms with Crippen LogP contribution >= 0.6 is 0 Å². The summed E-state index contributed by atoms with van der Waals surface area (Å²) in [5.41, 5.74) is 3.47. The Hall–Kier alpha value is -2.74. The number of aliphatic hydroxyl groups is 1. The van der Waals surface area contributed by atoms with E-state index in [4.69, 9.17) is 5.73 Å². The van der Waals surface area contributed by atoms with Gasteiger partial charge < -0.3 is 16.2 Å². The molecule has 26 heavy (non-hydrogen) atoms. The third kappa shape index (κ3) is 3.08. The van der Waals surface area contributed by atoms with Crippen LogP contribution in [0.25, 0.3) is 10.9 Å². The lowest BCUT2D eigenvalue weighted by molar-refractivity contribution is -0.140. The maximum Gasteiger partial charge on any atom is 0.262 e. The molecule has 1 aromatic heterocycles. The molecule has 2 atom stereocenters. The first-order chi connectivity index (χ1) is 12.2. The largest absolute Gasteiger partial charge is 0.370 e. The molecule has 138 valence electrons. The first-order valence-corrected chi connectivity index (χ1v) is 8.57. The number of amides is 2. The first-order valence-electron chi connectivity index (χ1n) is 8.57. The summed E-state index contributed by atoms with van der Waals surface area (Å²) in [4.78, 5) is 41.4. The van der Waals surface area contributed by atoms with Gasteiger partial charge in [0.15, 0.2) is 11.5 Å². The van der Waals surface area contributed by atoms with Gasteiger partial charge in [0.2, 0.25) is 11.8 Å². The highest BCUT2D eigenvalue weighted by molar-refractivity contribution is 5.85. The Morgan fingerprint density at radius 3 is 2.73 bits per heavy atom.